The molecule has 0 radical (unpaired) electrons. The first-order chi connectivity index (χ1) is 14.9. The van der Waals surface area contributed by atoms with E-state index in [0.717, 1.165) is 12.0 Å². The Balaban J connectivity index is 1.50. The molecule has 3 heterocycles. The monoisotopic (exact) mass is 472 g/mol. The summed E-state index contributed by atoms with van der Waals surface area (Å²) in [5.41, 5.74) is 3.16. The van der Waals surface area contributed by atoms with Crippen molar-refractivity contribution in [2.24, 2.45) is 0 Å². The number of anilines is 1. The zero-order valence-corrected chi connectivity index (χ0v) is 19.3. The van der Waals surface area contributed by atoms with Crippen LogP contribution in [0.1, 0.15) is 39.3 Å². The number of fused-ring (bicyclic) bond motifs is 2. The van der Waals surface area contributed by atoms with Crippen molar-refractivity contribution in [3.63, 3.8) is 0 Å². The molecule has 0 spiro atoms. The highest BCUT2D eigenvalue weighted by molar-refractivity contribution is 7.93. The zero-order chi connectivity index (χ0) is 21.8. The minimum absolute atomic E-state index is 0.0300. The third-order valence-electron chi connectivity index (χ3n) is 6.13. The van der Waals surface area contributed by atoms with Gasteiger partial charge in [-0.05, 0) is 66.6 Å². The van der Waals surface area contributed by atoms with E-state index in [0.29, 0.717) is 30.8 Å². The second-order valence-corrected chi connectivity index (χ2v) is 11.1. The molecule has 3 aromatic rings. The molecule has 0 saturated carbocycles. The topological polar surface area (TPSA) is 57.7 Å². The highest BCUT2D eigenvalue weighted by atomic mass is 35.5. The Hall–Kier alpha value is -2.35. The van der Waals surface area contributed by atoms with Crippen LogP contribution in [0.5, 0.6) is 0 Å². The number of halogens is 1. The van der Waals surface area contributed by atoms with Gasteiger partial charge in [-0.3, -0.25) is 9.10 Å². The van der Waals surface area contributed by atoms with Gasteiger partial charge >= 0.3 is 0 Å². The van der Waals surface area contributed by atoms with Crippen LogP contribution in [0.2, 0.25) is 5.02 Å². The lowest BCUT2D eigenvalue weighted by molar-refractivity contribution is 0.0679. The molecule has 1 aromatic heterocycles. The molecule has 2 aliphatic rings. The molecule has 8 heteroatoms. The molecular weight excluding hydrogens is 452 g/mol. The van der Waals surface area contributed by atoms with E-state index in [-0.39, 0.29) is 21.9 Å². The van der Waals surface area contributed by atoms with Gasteiger partial charge in [0.2, 0.25) is 0 Å². The van der Waals surface area contributed by atoms with Gasteiger partial charge in [0.05, 0.1) is 16.8 Å². The summed E-state index contributed by atoms with van der Waals surface area (Å²) in [4.78, 5) is 16.4. The van der Waals surface area contributed by atoms with Crippen LogP contribution in [0.25, 0.3) is 0 Å². The van der Waals surface area contributed by atoms with Crippen molar-refractivity contribution in [2.75, 3.05) is 17.4 Å². The number of amides is 1. The number of nitrogens with zero attached hydrogens (tertiary/aromatic N) is 2. The maximum absolute atomic E-state index is 13.5. The van der Waals surface area contributed by atoms with Gasteiger partial charge in [0, 0.05) is 23.5 Å². The van der Waals surface area contributed by atoms with E-state index in [2.05, 4.69) is 11.4 Å². The summed E-state index contributed by atoms with van der Waals surface area (Å²) >= 11 is 8.04. The number of sulfonamides is 1. The fourth-order valence-electron chi connectivity index (χ4n) is 4.46. The first-order valence-electron chi connectivity index (χ1n) is 10.2. The molecule has 31 heavy (non-hydrogen) atoms. The van der Waals surface area contributed by atoms with Crippen molar-refractivity contribution in [3.05, 3.63) is 80.5 Å². The Bertz CT molecular complexity index is 1290. The number of carbonyl (C=O) groups is 1. The zero-order valence-electron chi connectivity index (χ0n) is 16.9. The van der Waals surface area contributed by atoms with Crippen LogP contribution < -0.4 is 4.31 Å². The van der Waals surface area contributed by atoms with E-state index < -0.39 is 10.0 Å². The van der Waals surface area contributed by atoms with Crippen molar-refractivity contribution < 1.29 is 13.2 Å². The molecule has 2 aliphatic heterocycles. The number of rotatable bonds is 3. The molecule has 0 aliphatic carbocycles. The lowest BCUT2D eigenvalue weighted by atomic mass is 10.0. The Morgan fingerprint density at radius 3 is 2.74 bits per heavy atom. The summed E-state index contributed by atoms with van der Waals surface area (Å²) in [6.45, 7) is 2.98. The van der Waals surface area contributed by atoms with Gasteiger partial charge in [-0.1, -0.05) is 29.8 Å². The smallest absolute Gasteiger partial charge is 0.265 e. The minimum atomic E-state index is -3.89. The second-order valence-electron chi connectivity index (χ2n) is 7.82. The molecule has 160 valence electrons. The summed E-state index contributed by atoms with van der Waals surface area (Å²) in [7, 11) is -3.89. The molecule has 5 rings (SSSR count). The van der Waals surface area contributed by atoms with Crippen molar-refractivity contribution >= 4 is 44.6 Å². The van der Waals surface area contributed by atoms with Gasteiger partial charge in [0.1, 0.15) is 4.90 Å². The first kappa shape index (κ1) is 20.5. The van der Waals surface area contributed by atoms with Gasteiger partial charge in [0.15, 0.2) is 0 Å². The summed E-state index contributed by atoms with van der Waals surface area (Å²) in [5.74, 6) is -0.181. The Morgan fingerprint density at radius 2 is 1.90 bits per heavy atom. The SMILES string of the molecule is CC1c2ccsc2CCN1C(=O)c1ccc(Cl)c(S(=O)(=O)N2CCc3ccccc32)c1. The van der Waals surface area contributed by atoms with Crippen molar-refractivity contribution in [1.29, 1.82) is 0 Å². The summed E-state index contributed by atoms with van der Waals surface area (Å²) in [6.07, 6.45) is 1.46. The van der Waals surface area contributed by atoms with Gasteiger partial charge < -0.3 is 4.90 Å². The molecule has 0 saturated heterocycles. The van der Waals surface area contributed by atoms with E-state index in [9.17, 15) is 13.2 Å². The molecule has 2 aromatic carbocycles. The summed E-state index contributed by atoms with van der Waals surface area (Å²) < 4.78 is 28.3. The van der Waals surface area contributed by atoms with Crippen molar-refractivity contribution in [2.45, 2.75) is 30.7 Å². The minimum Gasteiger partial charge on any atom is -0.331 e. The predicted octanol–water partition coefficient (Wildman–Crippen LogP) is 4.91. The fourth-order valence-corrected chi connectivity index (χ4v) is 7.43. The average Bonchev–Trinajstić information content (AvgIpc) is 3.41. The normalized spacial score (nSPS) is 18.1. The quantitative estimate of drug-likeness (QED) is 0.544. The van der Waals surface area contributed by atoms with Crippen LogP contribution in [-0.4, -0.2) is 32.3 Å². The fraction of sp³-hybridized carbons (Fsp3) is 0.261. The molecule has 0 N–H and O–H groups in total. The molecule has 1 atom stereocenters. The van der Waals surface area contributed by atoms with Gasteiger partial charge in [-0.2, -0.15) is 0 Å². The molecular formula is C23H21ClN2O3S2. The maximum atomic E-state index is 13.5. The van der Waals surface area contributed by atoms with E-state index in [1.54, 1.807) is 28.4 Å². The maximum Gasteiger partial charge on any atom is 0.265 e. The van der Waals surface area contributed by atoms with Crippen LogP contribution in [0.15, 0.2) is 58.8 Å². The molecule has 0 fully saturated rings. The highest BCUT2D eigenvalue weighted by Gasteiger charge is 2.34. The molecule has 5 nitrogen and oxygen atoms in total. The van der Waals surface area contributed by atoms with Gasteiger partial charge in [-0.25, -0.2) is 8.42 Å². The lowest BCUT2D eigenvalue weighted by Gasteiger charge is -2.34. The Kier molecular flexibility index (Phi) is 5.07. The van der Waals surface area contributed by atoms with Crippen LogP contribution in [0.4, 0.5) is 5.69 Å². The van der Waals surface area contributed by atoms with Crippen LogP contribution >= 0.6 is 22.9 Å². The summed E-state index contributed by atoms with van der Waals surface area (Å²) in [5, 5.41) is 2.17. The number of hydrogen-bond donors (Lipinski definition) is 0. The van der Waals surface area contributed by atoms with Crippen LogP contribution in [0.3, 0.4) is 0 Å². The van der Waals surface area contributed by atoms with E-state index in [1.165, 1.54) is 26.9 Å². The number of para-hydroxylation sites is 1. The van der Waals surface area contributed by atoms with Gasteiger partial charge in [0.25, 0.3) is 15.9 Å². The largest absolute Gasteiger partial charge is 0.331 e. The standard InChI is InChI=1S/C23H21ClN2O3S2/c1-15-18-10-13-30-21(18)9-11-25(15)23(27)17-6-7-19(24)22(14-17)31(28,29)26-12-8-16-4-2-3-5-20(16)26/h2-7,10,13-15H,8-9,11-12H2,1H3. The number of carbonyl (C=O) groups excluding carboxylic acids is 1. The second kappa shape index (κ2) is 7.65. The lowest BCUT2D eigenvalue weighted by Crippen LogP contribution is -2.38. The number of hydrogen-bond acceptors (Lipinski definition) is 4. The third kappa shape index (κ3) is 3.35. The first-order valence-corrected chi connectivity index (χ1v) is 12.8. The number of benzene rings is 2. The molecule has 1 unspecified atom stereocenters. The highest BCUT2D eigenvalue weighted by Crippen LogP contribution is 2.37. The number of thiophene rings is 1. The molecule has 0 bridgehead atoms. The van der Waals surface area contributed by atoms with E-state index >= 15 is 0 Å². The Morgan fingerprint density at radius 1 is 1.10 bits per heavy atom. The Labute approximate surface area is 190 Å². The van der Waals surface area contributed by atoms with E-state index in [1.807, 2.05) is 25.1 Å². The van der Waals surface area contributed by atoms with E-state index in [4.69, 9.17) is 11.6 Å². The predicted molar refractivity (Wildman–Crippen MR) is 124 cm³/mol. The van der Waals surface area contributed by atoms with Crippen molar-refractivity contribution in [3.8, 4) is 0 Å². The van der Waals surface area contributed by atoms with Gasteiger partial charge in [-0.15, -0.1) is 11.3 Å². The third-order valence-corrected chi connectivity index (χ3v) is 9.42. The molecule has 1 amide bonds. The van der Waals surface area contributed by atoms with Crippen LogP contribution in [0, 0.1) is 0 Å². The summed E-state index contributed by atoms with van der Waals surface area (Å²) in [6, 6.07) is 14.0. The van der Waals surface area contributed by atoms with Crippen molar-refractivity contribution in [1.82, 2.24) is 4.90 Å². The van der Waals surface area contributed by atoms with Crippen LogP contribution in [-0.2, 0) is 22.9 Å². The average molecular weight is 473 g/mol.